The van der Waals surface area contributed by atoms with Gasteiger partial charge in [-0.1, -0.05) is 13.8 Å². The maximum Gasteiger partial charge on any atom is 0.326 e. The summed E-state index contributed by atoms with van der Waals surface area (Å²) in [5, 5.41) is 17.0. The Balaban J connectivity index is 5.65. The first-order valence-corrected chi connectivity index (χ1v) is 12.2. The molecule has 0 aromatic heterocycles. The van der Waals surface area contributed by atoms with Crippen LogP contribution < -0.4 is 44.6 Å². The van der Waals surface area contributed by atoms with Crippen molar-refractivity contribution in [3.63, 3.8) is 0 Å². The normalized spacial score (nSPS) is 14.1. The molecular formula is C22H43N9O6. The highest BCUT2D eigenvalue weighted by Gasteiger charge is 2.30. The van der Waals surface area contributed by atoms with Crippen molar-refractivity contribution >= 4 is 35.6 Å². The Kier molecular flexibility index (Phi) is 16.2. The third kappa shape index (κ3) is 15.3. The summed E-state index contributed by atoms with van der Waals surface area (Å²) >= 11 is 0. The summed E-state index contributed by atoms with van der Waals surface area (Å²) in [5.41, 5.74) is 26.9. The predicted octanol–water partition coefficient (Wildman–Crippen LogP) is -3.04. The predicted molar refractivity (Wildman–Crippen MR) is 137 cm³/mol. The zero-order valence-electron chi connectivity index (χ0n) is 21.6. The van der Waals surface area contributed by atoms with Crippen LogP contribution in [0.4, 0.5) is 0 Å². The molecule has 0 aromatic carbocycles. The first-order chi connectivity index (χ1) is 17.3. The molecule has 0 saturated heterocycles. The van der Waals surface area contributed by atoms with Crippen molar-refractivity contribution in [3.8, 4) is 0 Å². The van der Waals surface area contributed by atoms with Crippen molar-refractivity contribution in [2.45, 2.75) is 83.0 Å². The minimum atomic E-state index is -1.28. The number of nitrogens with one attached hydrogen (secondary N) is 3. The average molecular weight is 530 g/mol. The molecule has 0 saturated carbocycles. The first-order valence-electron chi connectivity index (χ1n) is 12.2. The van der Waals surface area contributed by atoms with Gasteiger partial charge in [0.05, 0.1) is 12.5 Å². The summed E-state index contributed by atoms with van der Waals surface area (Å²) in [5.74, 6) is -4.28. The molecule has 212 valence electrons. The fourth-order valence-electron chi connectivity index (χ4n) is 3.36. The molecular weight excluding hydrogens is 486 g/mol. The van der Waals surface area contributed by atoms with E-state index in [0.717, 1.165) is 0 Å². The molecule has 0 bridgehead atoms. The Morgan fingerprint density at radius 3 is 1.78 bits per heavy atom. The second kappa shape index (κ2) is 17.9. The summed E-state index contributed by atoms with van der Waals surface area (Å²) in [6.45, 7) is 4.18. The van der Waals surface area contributed by atoms with E-state index in [9.17, 15) is 29.1 Å². The van der Waals surface area contributed by atoms with E-state index in [4.69, 9.17) is 28.7 Å². The minimum absolute atomic E-state index is 0.00102. The molecule has 0 aromatic rings. The number of guanidine groups is 1. The second-order valence-corrected chi connectivity index (χ2v) is 9.16. The summed E-state index contributed by atoms with van der Waals surface area (Å²) in [6, 6.07) is -4.63. The molecule has 0 radical (unpaired) electrons. The highest BCUT2D eigenvalue weighted by Crippen LogP contribution is 2.08. The fourth-order valence-corrected chi connectivity index (χ4v) is 3.36. The van der Waals surface area contributed by atoms with Gasteiger partial charge >= 0.3 is 5.97 Å². The van der Waals surface area contributed by atoms with Gasteiger partial charge in [0, 0.05) is 6.54 Å². The largest absolute Gasteiger partial charge is 0.480 e. The number of aliphatic carboxylic acids is 1. The molecule has 15 nitrogen and oxygen atoms in total. The van der Waals surface area contributed by atoms with Crippen LogP contribution in [0.25, 0.3) is 0 Å². The van der Waals surface area contributed by atoms with Crippen LogP contribution in [0.3, 0.4) is 0 Å². The van der Waals surface area contributed by atoms with Crippen molar-refractivity contribution in [2.75, 3.05) is 13.1 Å². The highest BCUT2D eigenvalue weighted by molar-refractivity contribution is 5.95. The number of amides is 4. The van der Waals surface area contributed by atoms with E-state index in [1.54, 1.807) is 0 Å². The lowest BCUT2D eigenvalue weighted by Crippen LogP contribution is -2.57. The van der Waals surface area contributed by atoms with Crippen molar-refractivity contribution in [1.82, 2.24) is 16.0 Å². The third-order valence-corrected chi connectivity index (χ3v) is 5.24. The van der Waals surface area contributed by atoms with Crippen molar-refractivity contribution in [2.24, 2.45) is 39.6 Å². The summed E-state index contributed by atoms with van der Waals surface area (Å²) < 4.78 is 0. The zero-order chi connectivity index (χ0) is 28.5. The van der Waals surface area contributed by atoms with Gasteiger partial charge < -0.3 is 49.7 Å². The van der Waals surface area contributed by atoms with Crippen LogP contribution in [0, 0.1) is 5.92 Å². The van der Waals surface area contributed by atoms with Gasteiger partial charge in [0.25, 0.3) is 0 Å². The summed E-state index contributed by atoms with van der Waals surface area (Å²) in [7, 11) is 0. The molecule has 4 amide bonds. The van der Waals surface area contributed by atoms with Crippen LogP contribution in [0.2, 0.25) is 0 Å². The Hall–Kier alpha value is -3.46. The molecule has 0 fully saturated rings. The van der Waals surface area contributed by atoms with Gasteiger partial charge in [0.15, 0.2) is 5.96 Å². The Morgan fingerprint density at radius 1 is 0.811 bits per heavy atom. The van der Waals surface area contributed by atoms with Gasteiger partial charge in [-0.2, -0.15) is 0 Å². The SMILES string of the molecule is CC(C)CC(NC(=O)C(CCCCN)NC(=O)C(CCCN=C(N)N)NC(=O)C(N)CC(N)=O)C(=O)O. The lowest BCUT2D eigenvalue weighted by Gasteiger charge is -2.25. The second-order valence-electron chi connectivity index (χ2n) is 9.16. The Bertz CT molecular complexity index is 802. The molecule has 0 aliphatic heterocycles. The molecule has 37 heavy (non-hydrogen) atoms. The number of nitrogens with zero attached hydrogens (tertiary/aromatic N) is 1. The number of carboxylic acids is 1. The molecule has 0 spiro atoms. The van der Waals surface area contributed by atoms with Crippen molar-refractivity contribution < 1.29 is 29.1 Å². The average Bonchev–Trinajstić information content (AvgIpc) is 2.78. The number of primary amides is 1. The van der Waals surface area contributed by atoms with Crippen LogP contribution in [0.5, 0.6) is 0 Å². The van der Waals surface area contributed by atoms with E-state index in [-0.39, 0.29) is 37.7 Å². The lowest BCUT2D eigenvalue weighted by atomic mass is 10.0. The standard InChI is InChI=1S/C22H43N9O6/c1-12(2)10-16(21(36)37)31-20(35)14(6-3-4-8-23)30-19(34)15(7-5-9-28-22(26)27)29-18(33)13(24)11-17(25)32/h12-16H,3-11,23-24H2,1-2H3,(H2,25,32)(H,29,33)(H,30,34)(H,31,35)(H,36,37)(H4,26,27,28). The maximum absolute atomic E-state index is 13.1. The van der Waals surface area contributed by atoms with Crippen LogP contribution >= 0.6 is 0 Å². The first kappa shape index (κ1) is 33.5. The summed E-state index contributed by atoms with van der Waals surface area (Å²) in [6.07, 6.45) is 1.41. The quantitative estimate of drug-likeness (QED) is 0.0463. The van der Waals surface area contributed by atoms with Crippen LogP contribution in [0.1, 0.15) is 58.8 Å². The maximum atomic E-state index is 13.1. The molecule has 4 atom stereocenters. The molecule has 15 heteroatoms. The van der Waals surface area contributed by atoms with E-state index in [2.05, 4.69) is 20.9 Å². The molecule has 0 rings (SSSR count). The number of unbranched alkanes of at least 4 members (excludes halogenated alkanes) is 1. The Morgan fingerprint density at radius 2 is 1.32 bits per heavy atom. The van der Waals surface area contributed by atoms with Gasteiger partial charge in [-0.3, -0.25) is 24.2 Å². The number of rotatable bonds is 19. The van der Waals surface area contributed by atoms with Crippen LogP contribution in [-0.4, -0.2) is 77.9 Å². The highest BCUT2D eigenvalue weighted by atomic mass is 16.4. The number of carboxylic acid groups (broad SMARTS) is 1. The van der Waals surface area contributed by atoms with Crippen molar-refractivity contribution in [1.29, 1.82) is 0 Å². The van der Waals surface area contributed by atoms with Gasteiger partial charge in [-0.15, -0.1) is 0 Å². The molecule has 0 aliphatic rings. The molecule has 14 N–H and O–H groups in total. The van der Waals surface area contributed by atoms with Crippen LogP contribution in [-0.2, 0) is 24.0 Å². The minimum Gasteiger partial charge on any atom is -0.480 e. The van der Waals surface area contributed by atoms with E-state index < -0.39 is 60.2 Å². The number of nitrogens with two attached hydrogens (primary N) is 5. The van der Waals surface area contributed by atoms with Gasteiger partial charge in [-0.05, 0) is 51.0 Å². The number of carbonyl (C=O) groups excluding carboxylic acids is 4. The fraction of sp³-hybridized carbons (Fsp3) is 0.727. The number of aliphatic imine (C=N–C) groups is 1. The zero-order valence-corrected chi connectivity index (χ0v) is 21.6. The van der Waals surface area contributed by atoms with E-state index >= 15 is 0 Å². The third-order valence-electron chi connectivity index (χ3n) is 5.24. The van der Waals surface area contributed by atoms with Gasteiger partial charge in [-0.25, -0.2) is 4.79 Å². The lowest BCUT2D eigenvalue weighted by molar-refractivity contribution is -0.142. The molecule has 0 aliphatic carbocycles. The number of hydrogen-bond acceptors (Lipinski definition) is 8. The molecule has 0 heterocycles. The van der Waals surface area contributed by atoms with Gasteiger partial charge in [0.2, 0.25) is 23.6 Å². The number of hydrogen-bond donors (Lipinski definition) is 9. The smallest absolute Gasteiger partial charge is 0.326 e. The monoisotopic (exact) mass is 529 g/mol. The number of carbonyl (C=O) groups is 5. The van der Waals surface area contributed by atoms with E-state index in [1.165, 1.54) is 0 Å². The van der Waals surface area contributed by atoms with Crippen LogP contribution in [0.15, 0.2) is 4.99 Å². The topological polar surface area (TPSA) is 284 Å². The van der Waals surface area contributed by atoms with E-state index in [0.29, 0.717) is 25.8 Å². The molecule has 4 unspecified atom stereocenters. The Labute approximate surface area is 216 Å². The van der Waals surface area contributed by atoms with E-state index in [1.807, 2.05) is 13.8 Å². The van der Waals surface area contributed by atoms with Gasteiger partial charge in [0.1, 0.15) is 18.1 Å². The van der Waals surface area contributed by atoms with Crippen molar-refractivity contribution in [3.05, 3.63) is 0 Å². The summed E-state index contributed by atoms with van der Waals surface area (Å²) in [4.78, 5) is 65.1.